The van der Waals surface area contributed by atoms with Gasteiger partial charge in [0, 0.05) is 13.5 Å². The molecule has 1 aliphatic rings. The average molecular weight is 214 g/mol. The maximum atomic E-state index is 11.4. The zero-order valence-electron chi connectivity index (χ0n) is 9.12. The van der Waals surface area contributed by atoms with Crippen LogP contribution in [0.1, 0.15) is 26.7 Å². The summed E-state index contributed by atoms with van der Waals surface area (Å²) in [6, 6.07) is -0.493. The van der Waals surface area contributed by atoms with Crippen LogP contribution in [-0.4, -0.2) is 35.6 Å². The van der Waals surface area contributed by atoms with E-state index in [1.165, 1.54) is 6.92 Å². The minimum absolute atomic E-state index is 0.174. The number of amides is 2. The molecule has 0 radical (unpaired) electrons. The summed E-state index contributed by atoms with van der Waals surface area (Å²) >= 11 is 0. The maximum absolute atomic E-state index is 11.4. The van der Waals surface area contributed by atoms with Gasteiger partial charge in [-0.25, -0.2) is 0 Å². The largest absolute Gasteiger partial charge is 0.393 e. The van der Waals surface area contributed by atoms with Gasteiger partial charge in [-0.05, 0) is 25.7 Å². The maximum Gasteiger partial charge on any atom is 0.242 e. The molecular formula is C10H18N2O3. The smallest absolute Gasteiger partial charge is 0.242 e. The monoisotopic (exact) mass is 214 g/mol. The molecule has 0 bridgehead atoms. The fraction of sp³-hybridized carbons (Fsp3) is 0.800. The molecule has 86 valence electrons. The number of hydrogen-bond acceptors (Lipinski definition) is 3. The van der Waals surface area contributed by atoms with E-state index in [2.05, 4.69) is 10.6 Å². The lowest BCUT2D eigenvalue weighted by Gasteiger charge is -2.31. The summed E-state index contributed by atoms with van der Waals surface area (Å²) in [5, 5.41) is 14.3. The van der Waals surface area contributed by atoms with Crippen molar-refractivity contribution in [2.24, 2.45) is 5.92 Å². The third kappa shape index (κ3) is 3.87. The van der Waals surface area contributed by atoms with Gasteiger partial charge >= 0.3 is 0 Å². The van der Waals surface area contributed by atoms with E-state index >= 15 is 0 Å². The minimum atomic E-state index is -0.493. The van der Waals surface area contributed by atoms with Gasteiger partial charge in [0.25, 0.3) is 0 Å². The standard InChI is InChI=1S/C10H18N2O3/c1-6(12-7(2)13)10(15)11-5-8-3-9(14)4-8/h6,8-9,14H,3-5H2,1-2H3,(H,11,15)(H,12,13). The highest BCUT2D eigenvalue weighted by Gasteiger charge is 2.27. The Hall–Kier alpha value is -1.10. The first-order valence-electron chi connectivity index (χ1n) is 5.22. The van der Waals surface area contributed by atoms with Gasteiger partial charge in [0.05, 0.1) is 6.10 Å². The first kappa shape index (κ1) is 12.0. The predicted molar refractivity (Wildman–Crippen MR) is 55.0 cm³/mol. The van der Waals surface area contributed by atoms with Crippen molar-refractivity contribution in [3.05, 3.63) is 0 Å². The van der Waals surface area contributed by atoms with Gasteiger partial charge in [0.1, 0.15) is 6.04 Å². The zero-order chi connectivity index (χ0) is 11.4. The van der Waals surface area contributed by atoms with Crippen molar-refractivity contribution in [3.63, 3.8) is 0 Å². The van der Waals surface area contributed by atoms with E-state index in [9.17, 15) is 9.59 Å². The molecule has 0 aromatic carbocycles. The highest BCUT2D eigenvalue weighted by atomic mass is 16.3. The summed E-state index contributed by atoms with van der Waals surface area (Å²) in [6.07, 6.45) is 1.32. The van der Waals surface area contributed by atoms with Crippen LogP contribution in [0, 0.1) is 5.92 Å². The Morgan fingerprint density at radius 2 is 2.07 bits per heavy atom. The lowest BCUT2D eigenvalue weighted by molar-refractivity contribution is -0.128. The molecule has 15 heavy (non-hydrogen) atoms. The van der Waals surface area contributed by atoms with Crippen molar-refractivity contribution in [1.82, 2.24) is 10.6 Å². The molecular weight excluding hydrogens is 196 g/mol. The zero-order valence-corrected chi connectivity index (χ0v) is 9.12. The molecule has 1 aliphatic carbocycles. The Labute approximate surface area is 89.2 Å². The topological polar surface area (TPSA) is 78.4 Å². The molecule has 5 nitrogen and oxygen atoms in total. The van der Waals surface area contributed by atoms with Crippen molar-refractivity contribution < 1.29 is 14.7 Å². The number of rotatable bonds is 4. The number of aliphatic hydroxyl groups is 1. The Morgan fingerprint density at radius 3 is 2.53 bits per heavy atom. The number of aliphatic hydroxyl groups excluding tert-OH is 1. The second-order valence-corrected chi connectivity index (χ2v) is 4.16. The number of carbonyl (C=O) groups is 2. The third-order valence-electron chi connectivity index (χ3n) is 2.59. The minimum Gasteiger partial charge on any atom is -0.393 e. The van der Waals surface area contributed by atoms with Crippen LogP contribution in [0.5, 0.6) is 0 Å². The lowest BCUT2D eigenvalue weighted by atomic mass is 9.82. The normalized spacial score (nSPS) is 26.3. The van der Waals surface area contributed by atoms with E-state index in [1.807, 2.05) is 0 Å². The fourth-order valence-corrected chi connectivity index (χ4v) is 1.64. The van der Waals surface area contributed by atoms with Crippen molar-refractivity contribution in [3.8, 4) is 0 Å². The van der Waals surface area contributed by atoms with Crippen molar-refractivity contribution in [2.45, 2.75) is 38.8 Å². The Morgan fingerprint density at radius 1 is 1.47 bits per heavy atom. The van der Waals surface area contributed by atoms with Gasteiger partial charge in [0.15, 0.2) is 0 Å². The van der Waals surface area contributed by atoms with Crippen molar-refractivity contribution in [2.75, 3.05) is 6.54 Å². The molecule has 0 spiro atoms. The van der Waals surface area contributed by atoms with E-state index in [-0.39, 0.29) is 17.9 Å². The fourth-order valence-electron chi connectivity index (χ4n) is 1.64. The Balaban J connectivity index is 2.15. The summed E-state index contributed by atoms with van der Waals surface area (Å²) in [5.41, 5.74) is 0. The SMILES string of the molecule is CC(=O)NC(C)C(=O)NCC1CC(O)C1. The van der Waals surface area contributed by atoms with Gasteiger partial charge in [-0.1, -0.05) is 0 Å². The molecule has 0 aromatic rings. The molecule has 1 atom stereocenters. The van der Waals surface area contributed by atoms with E-state index in [0.717, 1.165) is 12.8 Å². The van der Waals surface area contributed by atoms with Crippen molar-refractivity contribution >= 4 is 11.8 Å². The second kappa shape index (κ2) is 5.11. The first-order chi connectivity index (χ1) is 6.99. The Bertz CT molecular complexity index is 249. The first-order valence-corrected chi connectivity index (χ1v) is 5.22. The number of nitrogens with one attached hydrogen (secondary N) is 2. The van der Waals surface area contributed by atoms with Gasteiger partial charge in [-0.15, -0.1) is 0 Å². The lowest BCUT2D eigenvalue weighted by Crippen LogP contribution is -2.47. The summed E-state index contributed by atoms with van der Waals surface area (Å²) in [6.45, 7) is 3.61. The number of hydrogen-bond donors (Lipinski definition) is 3. The molecule has 2 amide bonds. The summed E-state index contributed by atoms with van der Waals surface area (Å²) < 4.78 is 0. The molecule has 0 heterocycles. The summed E-state index contributed by atoms with van der Waals surface area (Å²) in [5.74, 6) is -0.00298. The van der Waals surface area contributed by atoms with E-state index in [0.29, 0.717) is 12.5 Å². The van der Waals surface area contributed by atoms with E-state index in [4.69, 9.17) is 5.11 Å². The van der Waals surface area contributed by atoms with E-state index < -0.39 is 6.04 Å². The highest BCUT2D eigenvalue weighted by molar-refractivity contribution is 5.86. The summed E-state index contributed by atoms with van der Waals surface area (Å²) in [4.78, 5) is 22.1. The molecule has 0 aliphatic heterocycles. The summed E-state index contributed by atoms with van der Waals surface area (Å²) in [7, 11) is 0. The Kier molecular flexibility index (Phi) is 4.08. The van der Waals surface area contributed by atoms with Crippen LogP contribution in [0.25, 0.3) is 0 Å². The van der Waals surface area contributed by atoms with Crippen molar-refractivity contribution in [1.29, 1.82) is 0 Å². The molecule has 1 rings (SSSR count). The van der Waals surface area contributed by atoms with Crippen LogP contribution in [0.2, 0.25) is 0 Å². The third-order valence-corrected chi connectivity index (χ3v) is 2.59. The molecule has 0 aromatic heterocycles. The van der Waals surface area contributed by atoms with Gasteiger partial charge in [-0.2, -0.15) is 0 Å². The quantitative estimate of drug-likeness (QED) is 0.584. The van der Waals surface area contributed by atoms with Gasteiger partial charge in [0.2, 0.25) is 11.8 Å². The second-order valence-electron chi connectivity index (χ2n) is 4.16. The van der Waals surface area contributed by atoms with Crippen LogP contribution >= 0.6 is 0 Å². The molecule has 1 fully saturated rings. The average Bonchev–Trinajstić information content (AvgIpc) is 2.08. The van der Waals surface area contributed by atoms with Crippen LogP contribution in [0.15, 0.2) is 0 Å². The van der Waals surface area contributed by atoms with E-state index in [1.54, 1.807) is 6.92 Å². The van der Waals surface area contributed by atoms with Gasteiger partial charge in [-0.3, -0.25) is 9.59 Å². The molecule has 1 unspecified atom stereocenters. The molecule has 5 heteroatoms. The molecule has 3 N–H and O–H groups in total. The van der Waals surface area contributed by atoms with Crippen LogP contribution in [0.3, 0.4) is 0 Å². The predicted octanol–water partition coefficient (Wildman–Crippen LogP) is -0.602. The number of carbonyl (C=O) groups excluding carboxylic acids is 2. The highest BCUT2D eigenvalue weighted by Crippen LogP contribution is 2.25. The van der Waals surface area contributed by atoms with Gasteiger partial charge < -0.3 is 15.7 Å². The van der Waals surface area contributed by atoms with Crippen LogP contribution in [0.4, 0.5) is 0 Å². The molecule has 1 saturated carbocycles. The molecule has 0 saturated heterocycles. The van der Waals surface area contributed by atoms with Crippen LogP contribution in [-0.2, 0) is 9.59 Å². The van der Waals surface area contributed by atoms with Crippen LogP contribution < -0.4 is 10.6 Å².